The molecule has 0 radical (unpaired) electrons. The summed E-state index contributed by atoms with van der Waals surface area (Å²) in [5.41, 5.74) is 1.19. The van der Waals surface area contributed by atoms with Crippen LogP contribution in [0.3, 0.4) is 0 Å². The molecular formula is C23H23FN2O5. The smallest absolute Gasteiger partial charge is 0.311 e. The first-order chi connectivity index (χ1) is 14.9. The molecule has 2 atom stereocenters. The zero-order chi connectivity index (χ0) is 22.4. The summed E-state index contributed by atoms with van der Waals surface area (Å²) >= 11 is 0. The van der Waals surface area contributed by atoms with Crippen molar-refractivity contribution in [3.8, 4) is 17.2 Å². The van der Waals surface area contributed by atoms with Crippen LogP contribution in [-0.2, 0) is 6.54 Å². The van der Waals surface area contributed by atoms with E-state index in [4.69, 9.17) is 9.47 Å². The summed E-state index contributed by atoms with van der Waals surface area (Å²) in [6.07, 6.45) is -0.762. The van der Waals surface area contributed by atoms with Crippen LogP contribution >= 0.6 is 0 Å². The molecule has 3 aromatic rings. The van der Waals surface area contributed by atoms with E-state index in [0.29, 0.717) is 23.6 Å². The van der Waals surface area contributed by atoms with E-state index in [1.807, 2.05) is 6.92 Å². The van der Waals surface area contributed by atoms with E-state index in [2.05, 4.69) is 5.32 Å². The summed E-state index contributed by atoms with van der Waals surface area (Å²) in [4.78, 5) is 11.0. The van der Waals surface area contributed by atoms with Crippen LogP contribution in [0.1, 0.15) is 24.2 Å². The standard InChI is InChI=1S/C23H23FN2O5/c1-15(23(27)17-4-8-19(30-2)9-5-17)25-14-16-3-12-22(21(13-16)26(28)29)31-20-10-6-18(24)7-11-20/h3-13,15,23,25,27H,14H2,1-2H3. The fraction of sp³-hybridized carbons (Fsp3) is 0.217. The molecule has 31 heavy (non-hydrogen) atoms. The lowest BCUT2D eigenvalue weighted by atomic mass is 10.0. The van der Waals surface area contributed by atoms with Gasteiger partial charge in [-0.2, -0.15) is 0 Å². The van der Waals surface area contributed by atoms with Crippen LogP contribution in [0.25, 0.3) is 0 Å². The van der Waals surface area contributed by atoms with E-state index in [1.165, 1.54) is 36.4 Å². The molecule has 3 rings (SSSR count). The number of rotatable bonds is 9. The van der Waals surface area contributed by atoms with Crippen LogP contribution in [0.2, 0.25) is 0 Å². The Hall–Kier alpha value is -3.49. The van der Waals surface area contributed by atoms with Crippen LogP contribution < -0.4 is 14.8 Å². The normalized spacial score (nSPS) is 12.8. The third-order valence-electron chi connectivity index (χ3n) is 4.82. The Labute approximate surface area is 179 Å². The molecule has 0 fully saturated rings. The summed E-state index contributed by atoms with van der Waals surface area (Å²) in [6, 6.07) is 16.7. The summed E-state index contributed by atoms with van der Waals surface area (Å²) in [5.74, 6) is 0.638. The number of hydrogen-bond donors (Lipinski definition) is 2. The SMILES string of the molecule is COc1ccc(C(O)C(C)NCc2ccc(Oc3ccc(F)cc3)c([N+](=O)[O-])c2)cc1. The zero-order valence-corrected chi connectivity index (χ0v) is 17.1. The van der Waals surface area contributed by atoms with E-state index >= 15 is 0 Å². The number of aliphatic hydroxyl groups is 1. The van der Waals surface area contributed by atoms with Crippen molar-refractivity contribution in [3.05, 3.63) is 93.8 Å². The third-order valence-corrected chi connectivity index (χ3v) is 4.82. The van der Waals surface area contributed by atoms with Crippen molar-refractivity contribution >= 4 is 5.69 Å². The van der Waals surface area contributed by atoms with Gasteiger partial charge in [0.1, 0.15) is 17.3 Å². The van der Waals surface area contributed by atoms with Gasteiger partial charge in [0.2, 0.25) is 5.75 Å². The second-order valence-corrected chi connectivity index (χ2v) is 7.00. The Bertz CT molecular complexity index is 1030. The van der Waals surface area contributed by atoms with E-state index in [-0.39, 0.29) is 17.5 Å². The average Bonchev–Trinajstić information content (AvgIpc) is 2.79. The van der Waals surface area contributed by atoms with Crippen LogP contribution in [0.4, 0.5) is 10.1 Å². The first-order valence-corrected chi connectivity index (χ1v) is 9.63. The number of nitro groups is 1. The molecule has 0 bridgehead atoms. The van der Waals surface area contributed by atoms with Crippen molar-refractivity contribution < 1.29 is 23.9 Å². The molecule has 0 aliphatic rings. The van der Waals surface area contributed by atoms with Gasteiger partial charge in [0.25, 0.3) is 0 Å². The fourth-order valence-corrected chi connectivity index (χ4v) is 3.01. The molecule has 0 aliphatic carbocycles. The highest BCUT2D eigenvalue weighted by Gasteiger charge is 2.19. The number of nitrogens with one attached hydrogen (secondary N) is 1. The number of nitro benzene ring substituents is 1. The first kappa shape index (κ1) is 22.2. The number of halogens is 1. The monoisotopic (exact) mass is 426 g/mol. The molecule has 0 aromatic heterocycles. The molecule has 0 spiro atoms. The van der Waals surface area contributed by atoms with Crippen LogP contribution in [0.5, 0.6) is 17.2 Å². The summed E-state index contributed by atoms with van der Waals surface area (Å²) < 4.78 is 23.7. The number of nitrogens with zero attached hydrogens (tertiary/aromatic N) is 1. The molecular weight excluding hydrogens is 403 g/mol. The maximum Gasteiger partial charge on any atom is 0.311 e. The second kappa shape index (κ2) is 10.0. The van der Waals surface area contributed by atoms with Gasteiger partial charge in [-0.3, -0.25) is 10.1 Å². The summed E-state index contributed by atoms with van der Waals surface area (Å²) in [5, 5.41) is 25.2. The molecule has 0 amide bonds. The van der Waals surface area contributed by atoms with Crippen molar-refractivity contribution in [2.75, 3.05) is 7.11 Å². The fourth-order valence-electron chi connectivity index (χ4n) is 3.01. The van der Waals surface area contributed by atoms with Crippen molar-refractivity contribution in [1.82, 2.24) is 5.32 Å². The number of aliphatic hydroxyl groups excluding tert-OH is 1. The van der Waals surface area contributed by atoms with Crippen LogP contribution in [0, 0.1) is 15.9 Å². The maximum atomic E-state index is 13.0. The molecule has 0 saturated heterocycles. The number of ether oxygens (including phenoxy) is 2. The van der Waals surface area contributed by atoms with Crippen LogP contribution in [-0.4, -0.2) is 23.2 Å². The Balaban J connectivity index is 1.67. The molecule has 7 nitrogen and oxygen atoms in total. The van der Waals surface area contributed by atoms with Gasteiger partial charge >= 0.3 is 5.69 Å². The lowest BCUT2D eigenvalue weighted by molar-refractivity contribution is -0.385. The molecule has 0 aliphatic heterocycles. The van der Waals surface area contributed by atoms with Gasteiger partial charge < -0.3 is 19.9 Å². The molecule has 2 N–H and O–H groups in total. The first-order valence-electron chi connectivity index (χ1n) is 9.63. The topological polar surface area (TPSA) is 93.9 Å². The van der Waals surface area contributed by atoms with Gasteiger partial charge in [-0.05, 0) is 60.5 Å². The van der Waals surface area contributed by atoms with Crippen molar-refractivity contribution in [2.45, 2.75) is 25.6 Å². The van der Waals surface area contributed by atoms with E-state index in [1.54, 1.807) is 37.4 Å². The highest BCUT2D eigenvalue weighted by Crippen LogP contribution is 2.32. The minimum atomic E-state index is -0.762. The van der Waals surface area contributed by atoms with Gasteiger partial charge in [-0.1, -0.05) is 18.2 Å². The molecule has 3 aromatic carbocycles. The Kier molecular flexibility index (Phi) is 7.17. The lowest BCUT2D eigenvalue weighted by Gasteiger charge is -2.21. The minimum Gasteiger partial charge on any atom is -0.497 e. The second-order valence-electron chi connectivity index (χ2n) is 7.00. The molecule has 0 heterocycles. The highest BCUT2D eigenvalue weighted by molar-refractivity contribution is 5.50. The van der Waals surface area contributed by atoms with Gasteiger partial charge in [-0.25, -0.2) is 4.39 Å². The van der Waals surface area contributed by atoms with Crippen molar-refractivity contribution in [1.29, 1.82) is 0 Å². The molecule has 2 unspecified atom stereocenters. The number of benzene rings is 3. The Morgan fingerprint density at radius 1 is 1.06 bits per heavy atom. The largest absolute Gasteiger partial charge is 0.497 e. The van der Waals surface area contributed by atoms with E-state index in [0.717, 1.165) is 5.56 Å². The lowest BCUT2D eigenvalue weighted by Crippen LogP contribution is -2.31. The Morgan fingerprint density at radius 2 is 1.71 bits per heavy atom. The van der Waals surface area contributed by atoms with Gasteiger partial charge in [0, 0.05) is 18.7 Å². The average molecular weight is 426 g/mol. The predicted molar refractivity (Wildman–Crippen MR) is 114 cm³/mol. The highest BCUT2D eigenvalue weighted by atomic mass is 19.1. The van der Waals surface area contributed by atoms with Crippen molar-refractivity contribution in [2.24, 2.45) is 0 Å². The molecule has 0 saturated carbocycles. The van der Waals surface area contributed by atoms with E-state index in [9.17, 15) is 19.6 Å². The molecule has 8 heteroatoms. The summed E-state index contributed by atoms with van der Waals surface area (Å²) in [7, 11) is 1.57. The Morgan fingerprint density at radius 3 is 2.32 bits per heavy atom. The number of hydrogen-bond acceptors (Lipinski definition) is 6. The summed E-state index contributed by atoms with van der Waals surface area (Å²) in [6.45, 7) is 2.14. The van der Waals surface area contributed by atoms with Gasteiger partial charge in [0.15, 0.2) is 0 Å². The third kappa shape index (κ3) is 5.78. The quantitative estimate of drug-likeness (QED) is 0.379. The number of methoxy groups -OCH3 is 1. The van der Waals surface area contributed by atoms with E-state index < -0.39 is 16.8 Å². The predicted octanol–water partition coefficient (Wildman–Crippen LogP) is 4.75. The van der Waals surface area contributed by atoms with Gasteiger partial charge in [0.05, 0.1) is 18.1 Å². The maximum absolute atomic E-state index is 13.0. The minimum absolute atomic E-state index is 0.0617. The zero-order valence-electron chi connectivity index (χ0n) is 17.1. The van der Waals surface area contributed by atoms with Crippen LogP contribution in [0.15, 0.2) is 66.7 Å². The molecule has 162 valence electrons. The van der Waals surface area contributed by atoms with Gasteiger partial charge in [-0.15, -0.1) is 0 Å². The van der Waals surface area contributed by atoms with Crippen molar-refractivity contribution in [3.63, 3.8) is 0 Å².